The molecule has 0 atom stereocenters. The van der Waals surface area contributed by atoms with E-state index in [2.05, 4.69) is 0 Å². The van der Waals surface area contributed by atoms with Crippen LogP contribution >= 0.6 is 11.6 Å². The number of carboxylic acids is 1. The molecule has 1 N–H and O–H groups in total. The fourth-order valence-corrected chi connectivity index (χ4v) is 2.12. The van der Waals surface area contributed by atoms with Gasteiger partial charge in [0.1, 0.15) is 12.2 Å². The number of fused-ring (bicyclic) bond motifs is 1. The number of methoxy groups -OCH3 is 1. The summed E-state index contributed by atoms with van der Waals surface area (Å²) in [6, 6.07) is 5.56. The molecule has 7 nitrogen and oxygen atoms in total. The molecule has 0 fully saturated rings. The van der Waals surface area contributed by atoms with E-state index in [1.165, 1.54) is 19.2 Å². The smallest absolute Gasteiger partial charge is 0.342 e. The molecule has 0 saturated heterocycles. The van der Waals surface area contributed by atoms with Gasteiger partial charge >= 0.3 is 5.97 Å². The Morgan fingerprint density at radius 1 is 1.27 bits per heavy atom. The minimum absolute atomic E-state index is 0.249. The standard InChI is InChI=1S/C14H12ClNO6/c1-21-12-6-8-4-10(14(17)18)11(16(19)20)5-9(8)7-13(12)22-3-2-15/h4-7H,2-3H2,1H3,(H,17,18). The molecule has 0 aliphatic rings. The number of rotatable bonds is 6. The molecule has 0 aromatic heterocycles. The number of benzene rings is 2. The van der Waals surface area contributed by atoms with Gasteiger partial charge in [-0.15, -0.1) is 11.6 Å². The van der Waals surface area contributed by atoms with E-state index < -0.39 is 16.6 Å². The van der Waals surface area contributed by atoms with Crippen molar-refractivity contribution in [1.29, 1.82) is 0 Å². The first-order valence-corrected chi connectivity index (χ1v) is 6.73. The number of nitro groups is 1. The van der Waals surface area contributed by atoms with Crippen LogP contribution in [-0.2, 0) is 0 Å². The molecule has 0 aliphatic carbocycles. The lowest BCUT2D eigenvalue weighted by atomic mass is 10.0. The van der Waals surface area contributed by atoms with Crippen molar-refractivity contribution >= 4 is 34.0 Å². The van der Waals surface area contributed by atoms with Gasteiger partial charge < -0.3 is 14.6 Å². The third-order valence-electron chi connectivity index (χ3n) is 3.00. The van der Waals surface area contributed by atoms with Crippen molar-refractivity contribution in [2.75, 3.05) is 19.6 Å². The Bertz CT molecular complexity index is 746. The van der Waals surface area contributed by atoms with Gasteiger partial charge in [-0.3, -0.25) is 10.1 Å². The molecule has 0 aliphatic heterocycles. The van der Waals surface area contributed by atoms with Crippen LogP contribution < -0.4 is 9.47 Å². The number of ether oxygens (including phenoxy) is 2. The summed E-state index contributed by atoms with van der Waals surface area (Å²) in [5.74, 6) is -0.315. The number of halogens is 1. The second-order valence-electron chi connectivity index (χ2n) is 4.32. The lowest BCUT2D eigenvalue weighted by Crippen LogP contribution is -2.03. The lowest BCUT2D eigenvalue weighted by molar-refractivity contribution is -0.385. The van der Waals surface area contributed by atoms with Crippen LogP contribution in [0.2, 0.25) is 0 Å². The number of alkyl halides is 1. The summed E-state index contributed by atoms with van der Waals surface area (Å²) in [5, 5.41) is 21.1. The summed E-state index contributed by atoms with van der Waals surface area (Å²) in [5.41, 5.74) is -0.859. The van der Waals surface area contributed by atoms with Crippen molar-refractivity contribution in [2.24, 2.45) is 0 Å². The Kier molecular flexibility index (Phi) is 4.67. The number of hydrogen-bond donors (Lipinski definition) is 1. The van der Waals surface area contributed by atoms with Crippen LogP contribution in [0.1, 0.15) is 10.4 Å². The van der Waals surface area contributed by atoms with Crippen molar-refractivity contribution in [3.8, 4) is 11.5 Å². The van der Waals surface area contributed by atoms with Gasteiger partial charge in [0.25, 0.3) is 5.69 Å². The van der Waals surface area contributed by atoms with Crippen LogP contribution in [0.5, 0.6) is 11.5 Å². The van der Waals surface area contributed by atoms with Crippen molar-refractivity contribution < 1.29 is 24.3 Å². The number of hydrogen-bond acceptors (Lipinski definition) is 5. The van der Waals surface area contributed by atoms with Crippen molar-refractivity contribution in [2.45, 2.75) is 0 Å². The van der Waals surface area contributed by atoms with E-state index in [4.69, 9.17) is 26.2 Å². The Morgan fingerprint density at radius 3 is 2.45 bits per heavy atom. The van der Waals surface area contributed by atoms with Gasteiger partial charge in [0.05, 0.1) is 17.9 Å². The minimum Gasteiger partial charge on any atom is -0.493 e. The molecular weight excluding hydrogens is 314 g/mol. The average molecular weight is 326 g/mol. The molecule has 0 unspecified atom stereocenters. The van der Waals surface area contributed by atoms with Crippen LogP contribution in [0.4, 0.5) is 5.69 Å². The highest BCUT2D eigenvalue weighted by atomic mass is 35.5. The van der Waals surface area contributed by atoms with Gasteiger partial charge in [0, 0.05) is 6.07 Å². The molecule has 8 heteroatoms. The predicted molar refractivity (Wildman–Crippen MR) is 80.3 cm³/mol. The first-order chi connectivity index (χ1) is 10.5. The van der Waals surface area contributed by atoms with E-state index in [0.717, 1.165) is 0 Å². The van der Waals surface area contributed by atoms with E-state index in [0.29, 0.717) is 22.3 Å². The van der Waals surface area contributed by atoms with Crippen molar-refractivity contribution in [3.05, 3.63) is 39.9 Å². The fourth-order valence-electron chi connectivity index (χ4n) is 2.04. The van der Waals surface area contributed by atoms with Gasteiger partial charge in [-0.2, -0.15) is 0 Å². The molecule has 116 valence electrons. The SMILES string of the molecule is COc1cc2cc(C(=O)O)c([N+](=O)[O-])cc2cc1OCCCl. The Hall–Kier alpha value is -2.54. The number of carbonyl (C=O) groups is 1. The zero-order chi connectivity index (χ0) is 16.3. The van der Waals surface area contributed by atoms with Gasteiger partial charge in [0.2, 0.25) is 0 Å². The first kappa shape index (κ1) is 15.8. The summed E-state index contributed by atoms with van der Waals surface area (Å²) < 4.78 is 10.6. The maximum atomic E-state index is 11.2. The highest BCUT2D eigenvalue weighted by molar-refractivity contribution is 6.18. The number of nitro benzene ring substituents is 1. The second kappa shape index (κ2) is 6.48. The lowest BCUT2D eigenvalue weighted by Gasteiger charge is -2.11. The topological polar surface area (TPSA) is 98.9 Å². The molecule has 2 aromatic carbocycles. The average Bonchev–Trinajstić information content (AvgIpc) is 2.50. The van der Waals surface area contributed by atoms with Crippen LogP contribution in [0.25, 0.3) is 10.8 Å². The van der Waals surface area contributed by atoms with Gasteiger partial charge in [-0.1, -0.05) is 0 Å². The summed E-state index contributed by atoms with van der Waals surface area (Å²) in [7, 11) is 1.44. The highest BCUT2D eigenvalue weighted by Gasteiger charge is 2.21. The predicted octanol–water partition coefficient (Wildman–Crippen LogP) is 3.07. The van der Waals surface area contributed by atoms with E-state index in [-0.39, 0.29) is 18.1 Å². The van der Waals surface area contributed by atoms with Crippen LogP contribution in [0, 0.1) is 10.1 Å². The van der Waals surface area contributed by atoms with Crippen LogP contribution in [-0.4, -0.2) is 35.6 Å². The number of carboxylic acid groups (broad SMARTS) is 1. The van der Waals surface area contributed by atoms with E-state index in [9.17, 15) is 14.9 Å². The van der Waals surface area contributed by atoms with Gasteiger partial charge in [0.15, 0.2) is 11.5 Å². The summed E-state index contributed by atoms with van der Waals surface area (Å²) >= 11 is 5.57. The quantitative estimate of drug-likeness (QED) is 0.498. The molecule has 0 spiro atoms. The Morgan fingerprint density at radius 2 is 1.91 bits per heavy atom. The monoisotopic (exact) mass is 325 g/mol. The largest absolute Gasteiger partial charge is 0.493 e. The fraction of sp³-hybridized carbons (Fsp3) is 0.214. The molecule has 0 amide bonds. The van der Waals surface area contributed by atoms with E-state index in [1.54, 1.807) is 12.1 Å². The zero-order valence-electron chi connectivity index (χ0n) is 11.5. The molecule has 0 radical (unpaired) electrons. The molecule has 22 heavy (non-hydrogen) atoms. The molecular formula is C14H12ClNO6. The first-order valence-electron chi connectivity index (χ1n) is 6.20. The maximum absolute atomic E-state index is 11.2. The molecule has 2 aromatic rings. The van der Waals surface area contributed by atoms with Gasteiger partial charge in [-0.05, 0) is 29.0 Å². The third kappa shape index (κ3) is 3.04. The maximum Gasteiger partial charge on any atom is 0.342 e. The van der Waals surface area contributed by atoms with Gasteiger partial charge in [-0.25, -0.2) is 4.79 Å². The number of aromatic carboxylic acids is 1. The van der Waals surface area contributed by atoms with Crippen molar-refractivity contribution in [3.63, 3.8) is 0 Å². The molecule has 0 heterocycles. The normalized spacial score (nSPS) is 10.5. The summed E-state index contributed by atoms with van der Waals surface area (Å²) in [6.45, 7) is 0.249. The van der Waals surface area contributed by atoms with E-state index in [1.807, 2.05) is 0 Å². The summed E-state index contributed by atoms with van der Waals surface area (Å²) in [6.07, 6.45) is 0. The minimum atomic E-state index is -1.37. The van der Waals surface area contributed by atoms with Crippen molar-refractivity contribution in [1.82, 2.24) is 0 Å². The zero-order valence-corrected chi connectivity index (χ0v) is 12.3. The summed E-state index contributed by atoms with van der Waals surface area (Å²) in [4.78, 5) is 21.4. The molecule has 2 rings (SSSR count). The Balaban J connectivity index is 2.67. The highest BCUT2D eigenvalue weighted by Crippen LogP contribution is 2.35. The molecule has 0 bridgehead atoms. The number of nitrogens with zero attached hydrogens (tertiary/aromatic N) is 1. The van der Waals surface area contributed by atoms with Crippen LogP contribution in [0.15, 0.2) is 24.3 Å². The third-order valence-corrected chi connectivity index (χ3v) is 3.15. The van der Waals surface area contributed by atoms with E-state index >= 15 is 0 Å². The van der Waals surface area contributed by atoms with Crippen LogP contribution in [0.3, 0.4) is 0 Å². The second-order valence-corrected chi connectivity index (χ2v) is 4.70. The molecule has 0 saturated carbocycles. The Labute approximate surface area is 130 Å².